The van der Waals surface area contributed by atoms with E-state index < -0.39 is 5.97 Å². The number of benzene rings is 1. The normalized spacial score (nSPS) is 22.6. The molecular weight excluding hydrogens is 476 g/mol. The van der Waals surface area contributed by atoms with Crippen LogP contribution in [0.2, 0.25) is 0 Å². The summed E-state index contributed by atoms with van der Waals surface area (Å²) in [6.45, 7) is 7.27. The van der Waals surface area contributed by atoms with E-state index in [0.29, 0.717) is 11.8 Å². The highest BCUT2D eigenvalue weighted by atomic mass is 16.5. The van der Waals surface area contributed by atoms with Gasteiger partial charge in [-0.25, -0.2) is 4.98 Å². The largest absolute Gasteiger partial charge is 0.481 e. The molecule has 1 aromatic heterocycles. The van der Waals surface area contributed by atoms with Crippen LogP contribution in [-0.2, 0) is 22.4 Å². The van der Waals surface area contributed by atoms with E-state index in [2.05, 4.69) is 45.4 Å². The van der Waals surface area contributed by atoms with Crippen molar-refractivity contribution in [3.8, 4) is 0 Å². The van der Waals surface area contributed by atoms with Crippen LogP contribution in [0.15, 0.2) is 30.3 Å². The number of likely N-dealkylation sites (tertiary alicyclic amines) is 1. The van der Waals surface area contributed by atoms with Gasteiger partial charge < -0.3 is 25.0 Å². The maximum absolute atomic E-state index is 11.9. The minimum Gasteiger partial charge on any atom is -0.481 e. The van der Waals surface area contributed by atoms with Crippen LogP contribution in [0.25, 0.3) is 0 Å². The Bertz CT molecular complexity index is 1130. The molecule has 0 unspecified atom stereocenters. The number of fused-ring (bicyclic) bond motifs is 1. The van der Waals surface area contributed by atoms with E-state index in [1.54, 1.807) is 0 Å². The first-order chi connectivity index (χ1) is 18.6. The molecule has 4 aliphatic rings. The second-order valence-electron chi connectivity index (χ2n) is 11.8. The van der Waals surface area contributed by atoms with Crippen molar-refractivity contribution < 1.29 is 14.6 Å². The lowest BCUT2D eigenvalue weighted by Gasteiger charge is -2.31. The SMILES string of the molecule is O=C(O)C[C@H](CN1CC[C@@H](CCc2ccc3c(n2)NCCC3)C1)c1cc(C2CC2)cc(N2CCOCC2)c1. The van der Waals surface area contributed by atoms with E-state index in [1.807, 2.05) is 0 Å². The number of morpholine rings is 1. The summed E-state index contributed by atoms with van der Waals surface area (Å²) in [7, 11) is 0. The van der Waals surface area contributed by atoms with Gasteiger partial charge >= 0.3 is 5.97 Å². The zero-order valence-corrected chi connectivity index (χ0v) is 22.5. The molecular formula is C31H42N4O3. The Balaban J connectivity index is 1.11. The summed E-state index contributed by atoms with van der Waals surface area (Å²) < 4.78 is 5.58. The van der Waals surface area contributed by atoms with E-state index in [9.17, 15) is 9.90 Å². The molecule has 2 N–H and O–H groups in total. The van der Waals surface area contributed by atoms with Crippen LogP contribution in [0, 0.1) is 5.92 Å². The van der Waals surface area contributed by atoms with Gasteiger partial charge in [0.1, 0.15) is 5.82 Å². The molecule has 2 saturated heterocycles. The molecule has 0 amide bonds. The first-order valence-electron chi connectivity index (χ1n) is 14.7. The third-order valence-corrected chi connectivity index (χ3v) is 8.89. The number of rotatable bonds is 10. The molecule has 0 spiro atoms. The number of carbonyl (C=O) groups is 1. The van der Waals surface area contributed by atoms with Crippen molar-refractivity contribution in [1.82, 2.24) is 9.88 Å². The molecule has 1 aliphatic carbocycles. The average molecular weight is 519 g/mol. The van der Waals surface area contributed by atoms with Crippen molar-refractivity contribution in [2.45, 2.75) is 63.2 Å². The van der Waals surface area contributed by atoms with Crippen molar-refractivity contribution in [3.05, 3.63) is 52.7 Å². The lowest BCUT2D eigenvalue weighted by atomic mass is 9.91. The van der Waals surface area contributed by atoms with Crippen LogP contribution in [0.5, 0.6) is 0 Å². The number of hydrogen-bond donors (Lipinski definition) is 2. The lowest BCUT2D eigenvalue weighted by Crippen LogP contribution is -2.36. The Morgan fingerprint density at radius 1 is 1.13 bits per heavy atom. The third kappa shape index (κ3) is 6.32. The van der Waals surface area contributed by atoms with E-state index in [1.165, 1.54) is 53.8 Å². The number of aryl methyl sites for hydroxylation is 2. The number of pyridine rings is 1. The molecule has 3 fully saturated rings. The fourth-order valence-corrected chi connectivity index (χ4v) is 6.54. The molecule has 2 atom stereocenters. The maximum atomic E-state index is 11.9. The van der Waals surface area contributed by atoms with E-state index in [-0.39, 0.29) is 12.3 Å². The molecule has 4 heterocycles. The fraction of sp³-hybridized carbons (Fsp3) is 0.613. The minimum atomic E-state index is -0.706. The Labute approximate surface area is 226 Å². The summed E-state index contributed by atoms with van der Waals surface area (Å²) in [5.74, 6) is 1.68. The summed E-state index contributed by atoms with van der Waals surface area (Å²) in [5.41, 5.74) is 6.37. The smallest absolute Gasteiger partial charge is 0.304 e. The Morgan fingerprint density at radius 2 is 2.00 bits per heavy atom. The second kappa shape index (κ2) is 11.6. The lowest BCUT2D eigenvalue weighted by molar-refractivity contribution is -0.137. The number of nitrogens with zero attached hydrogens (tertiary/aromatic N) is 3. The Morgan fingerprint density at radius 3 is 2.82 bits per heavy atom. The second-order valence-corrected chi connectivity index (χ2v) is 11.8. The first-order valence-corrected chi connectivity index (χ1v) is 14.7. The van der Waals surface area contributed by atoms with E-state index in [4.69, 9.17) is 9.72 Å². The van der Waals surface area contributed by atoms with Gasteiger partial charge in [0.25, 0.3) is 0 Å². The predicted molar refractivity (Wildman–Crippen MR) is 150 cm³/mol. The van der Waals surface area contributed by atoms with Crippen molar-refractivity contribution in [1.29, 1.82) is 0 Å². The van der Waals surface area contributed by atoms with Crippen LogP contribution in [-0.4, -0.2) is 73.4 Å². The quantitative estimate of drug-likeness (QED) is 0.473. The molecule has 1 aromatic carbocycles. The predicted octanol–water partition coefficient (Wildman–Crippen LogP) is 4.67. The van der Waals surface area contributed by atoms with E-state index in [0.717, 1.165) is 77.6 Å². The maximum Gasteiger partial charge on any atom is 0.304 e. The van der Waals surface area contributed by atoms with Gasteiger partial charge in [0, 0.05) is 50.0 Å². The average Bonchev–Trinajstić information content (AvgIpc) is 3.71. The number of aromatic nitrogens is 1. The monoisotopic (exact) mass is 518 g/mol. The number of aliphatic carboxylic acids is 1. The number of nitrogens with one attached hydrogen (secondary N) is 1. The van der Waals surface area contributed by atoms with Crippen LogP contribution >= 0.6 is 0 Å². The summed E-state index contributed by atoms with van der Waals surface area (Å²) in [6, 6.07) is 11.4. The molecule has 7 nitrogen and oxygen atoms in total. The summed E-state index contributed by atoms with van der Waals surface area (Å²) >= 11 is 0. The highest BCUT2D eigenvalue weighted by Gasteiger charge is 2.30. The standard InChI is InChI=1S/C31H42N4O3/c36-30(37)19-27(26-16-25(23-4-5-23)17-29(18-26)35-12-14-38-15-13-35)21-34-11-9-22(20-34)3-7-28-8-6-24-2-1-10-32-31(24)33-28/h6,8,16-18,22-23,27H,1-5,7,9-15,19-21H2,(H,32,33)(H,36,37)/t22-,27-/m1/s1. The molecule has 2 aromatic rings. The van der Waals surface area contributed by atoms with Gasteiger partial charge in [-0.15, -0.1) is 0 Å². The first kappa shape index (κ1) is 25.6. The fourth-order valence-electron chi connectivity index (χ4n) is 6.54. The zero-order valence-electron chi connectivity index (χ0n) is 22.5. The third-order valence-electron chi connectivity index (χ3n) is 8.89. The van der Waals surface area contributed by atoms with Gasteiger partial charge in [-0.2, -0.15) is 0 Å². The highest BCUT2D eigenvalue weighted by molar-refractivity contribution is 5.68. The Kier molecular flexibility index (Phi) is 7.84. The molecule has 3 aliphatic heterocycles. The van der Waals surface area contributed by atoms with Crippen LogP contribution in [0.3, 0.4) is 0 Å². The topological polar surface area (TPSA) is 77.9 Å². The number of carboxylic acids is 1. The number of hydrogen-bond acceptors (Lipinski definition) is 6. The number of anilines is 2. The zero-order chi connectivity index (χ0) is 25.9. The van der Waals surface area contributed by atoms with Gasteiger partial charge in [0.2, 0.25) is 0 Å². The minimum absolute atomic E-state index is 0.0122. The van der Waals surface area contributed by atoms with Crippen molar-refractivity contribution >= 4 is 17.5 Å². The molecule has 0 radical (unpaired) electrons. The van der Waals surface area contributed by atoms with Crippen molar-refractivity contribution in [3.63, 3.8) is 0 Å². The van der Waals surface area contributed by atoms with Crippen LogP contribution in [0.4, 0.5) is 11.5 Å². The van der Waals surface area contributed by atoms with Gasteiger partial charge in [-0.1, -0.05) is 12.1 Å². The van der Waals surface area contributed by atoms with Gasteiger partial charge in [-0.3, -0.25) is 4.79 Å². The van der Waals surface area contributed by atoms with Gasteiger partial charge in [0.15, 0.2) is 0 Å². The number of carboxylic acid groups (broad SMARTS) is 1. The van der Waals surface area contributed by atoms with E-state index >= 15 is 0 Å². The molecule has 1 saturated carbocycles. The van der Waals surface area contributed by atoms with Crippen molar-refractivity contribution in [2.75, 3.05) is 62.7 Å². The summed E-state index contributed by atoms with van der Waals surface area (Å²) in [5, 5.41) is 13.3. The number of ether oxygens (including phenoxy) is 1. The van der Waals surface area contributed by atoms with Crippen LogP contribution in [0.1, 0.15) is 72.7 Å². The molecule has 0 bridgehead atoms. The van der Waals surface area contributed by atoms with Crippen molar-refractivity contribution in [2.24, 2.45) is 5.92 Å². The molecule has 38 heavy (non-hydrogen) atoms. The summed E-state index contributed by atoms with van der Waals surface area (Å²) in [4.78, 5) is 21.8. The van der Waals surface area contributed by atoms with Crippen LogP contribution < -0.4 is 10.2 Å². The molecule has 6 rings (SSSR count). The van der Waals surface area contributed by atoms with Gasteiger partial charge in [-0.05, 0) is 98.2 Å². The molecule has 7 heteroatoms. The summed E-state index contributed by atoms with van der Waals surface area (Å²) in [6.07, 6.45) is 8.34. The highest BCUT2D eigenvalue weighted by Crippen LogP contribution is 2.43. The Hall–Kier alpha value is -2.64. The molecule has 204 valence electrons. The van der Waals surface area contributed by atoms with Gasteiger partial charge in [0.05, 0.1) is 19.6 Å².